The lowest BCUT2D eigenvalue weighted by atomic mass is 10.0. The van der Waals surface area contributed by atoms with Crippen molar-refractivity contribution >= 4 is 40.5 Å². The molecule has 1 aliphatic rings. The normalized spacial score (nSPS) is 18.2. The molecule has 1 unspecified atom stereocenters. The van der Waals surface area contributed by atoms with E-state index in [4.69, 9.17) is 33.7 Å². The highest BCUT2D eigenvalue weighted by atomic mass is 35.5. The predicted molar refractivity (Wildman–Crippen MR) is 78.3 cm³/mol. The maximum absolute atomic E-state index is 11.0. The largest absolute Gasteiger partial charge is 0.480 e. The zero-order chi connectivity index (χ0) is 14.2. The van der Waals surface area contributed by atoms with Crippen molar-refractivity contribution in [3.63, 3.8) is 0 Å². The lowest BCUT2D eigenvalue weighted by Crippen LogP contribution is -2.49. The van der Waals surface area contributed by atoms with Crippen molar-refractivity contribution in [2.24, 2.45) is 5.92 Å². The Morgan fingerprint density at radius 2 is 2.26 bits per heavy atom. The number of ether oxygens (including phenoxy) is 1. The number of halogens is 1. The van der Waals surface area contributed by atoms with Gasteiger partial charge in [-0.15, -0.1) is 0 Å². The van der Waals surface area contributed by atoms with Crippen LogP contribution in [0.2, 0.25) is 5.02 Å². The van der Waals surface area contributed by atoms with E-state index in [1.807, 2.05) is 13.8 Å². The van der Waals surface area contributed by atoms with Crippen LogP contribution in [-0.2, 0) is 4.79 Å². The lowest BCUT2D eigenvalue weighted by molar-refractivity contribution is -0.135. The number of carbonyl (C=O) groups is 1. The van der Waals surface area contributed by atoms with E-state index in [2.05, 4.69) is 0 Å². The first-order chi connectivity index (χ1) is 8.91. The van der Waals surface area contributed by atoms with Gasteiger partial charge in [-0.2, -0.15) is 0 Å². The number of nitrogens with zero attached hydrogens (tertiary/aromatic N) is 1. The SMILES string of the molecule is CC(C)C1Oc2c(Cl)cccc2N(CC(=O)O)C1=S. The highest BCUT2D eigenvalue weighted by Crippen LogP contribution is 2.41. The standard InChI is InChI=1S/C13H14ClNO3S/c1-7(2)11-13(19)15(6-10(16)17)9-5-3-4-8(14)12(9)18-11/h3-5,7,11H,6H2,1-2H3,(H,16,17). The van der Waals surface area contributed by atoms with Crippen LogP contribution in [0.5, 0.6) is 5.75 Å². The number of thiocarbonyl (C=S) groups is 1. The average Bonchev–Trinajstić information content (AvgIpc) is 2.32. The summed E-state index contributed by atoms with van der Waals surface area (Å²) in [6.45, 7) is 3.74. The second-order valence-corrected chi connectivity index (χ2v) is 5.51. The summed E-state index contributed by atoms with van der Waals surface area (Å²) < 4.78 is 5.84. The molecule has 102 valence electrons. The van der Waals surface area contributed by atoms with Crippen LogP contribution in [0.15, 0.2) is 18.2 Å². The summed E-state index contributed by atoms with van der Waals surface area (Å²) in [5.74, 6) is -0.316. The molecule has 19 heavy (non-hydrogen) atoms. The molecule has 1 aliphatic heterocycles. The minimum Gasteiger partial charge on any atom is -0.480 e. The number of rotatable bonds is 3. The Hall–Kier alpha value is -1.33. The van der Waals surface area contributed by atoms with Crippen LogP contribution in [0.3, 0.4) is 0 Å². The van der Waals surface area contributed by atoms with E-state index >= 15 is 0 Å². The molecule has 0 saturated heterocycles. The lowest BCUT2D eigenvalue weighted by Gasteiger charge is -2.37. The number of fused-ring (bicyclic) bond motifs is 1. The summed E-state index contributed by atoms with van der Waals surface area (Å²) in [4.78, 5) is 13.1. The van der Waals surface area contributed by atoms with Crippen molar-refractivity contribution in [1.82, 2.24) is 0 Å². The Labute approximate surface area is 121 Å². The summed E-state index contributed by atoms with van der Waals surface area (Å²) in [5, 5.41) is 9.49. The molecule has 1 N–H and O–H groups in total. The Morgan fingerprint density at radius 3 is 2.84 bits per heavy atom. The molecule has 0 fully saturated rings. The first kappa shape index (κ1) is 14.1. The molecule has 2 rings (SSSR count). The minimum atomic E-state index is -0.947. The number of carboxylic acids is 1. The number of aliphatic carboxylic acids is 1. The van der Waals surface area contributed by atoms with Gasteiger partial charge in [0.25, 0.3) is 0 Å². The molecular formula is C13H14ClNO3S. The van der Waals surface area contributed by atoms with E-state index in [0.29, 0.717) is 21.4 Å². The average molecular weight is 300 g/mol. The Balaban J connectivity index is 2.49. The van der Waals surface area contributed by atoms with Gasteiger partial charge in [0.2, 0.25) is 0 Å². The summed E-state index contributed by atoms with van der Waals surface area (Å²) >= 11 is 11.5. The number of benzene rings is 1. The van der Waals surface area contributed by atoms with Gasteiger partial charge in [-0.3, -0.25) is 4.79 Å². The zero-order valence-electron chi connectivity index (χ0n) is 10.6. The highest BCUT2D eigenvalue weighted by molar-refractivity contribution is 7.80. The van der Waals surface area contributed by atoms with Gasteiger partial charge in [0, 0.05) is 0 Å². The quantitative estimate of drug-likeness (QED) is 0.870. The number of hydrogen-bond donors (Lipinski definition) is 1. The molecule has 1 aromatic carbocycles. The monoisotopic (exact) mass is 299 g/mol. The van der Waals surface area contributed by atoms with Gasteiger partial charge >= 0.3 is 5.97 Å². The van der Waals surface area contributed by atoms with E-state index in [9.17, 15) is 4.79 Å². The first-order valence-electron chi connectivity index (χ1n) is 5.90. The third-order valence-corrected chi connectivity index (χ3v) is 3.64. The van der Waals surface area contributed by atoms with Crippen LogP contribution in [0.25, 0.3) is 0 Å². The van der Waals surface area contributed by atoms with Crippen molar-refractivity contribution in [3.05, 3.63) is 23.2 Å². The Bertz CT molecular complexity index is 533. The van der Waals surface area contributed by atoms with Crippen LogP contribution in [0.4, 0.5) is 5.69 Å². The summed E-state index contributed by atoms with van der Waals surface area (Å²) in [6.07, 6.45) is -0.346. The molecule has 1 atom stereocenters. The molecule has 1 heterocycles. The number of para-hydroxylation sites is 1. The molecule has 0 amide bonds. The zero-order valence-corrected chi connectivity index (χ0v) is 12.2. The molecular weight excluding hydrogens is 286 g/mol. The van der Waals surface area contributed by atoms with E-state index in [1.165, 1.54) is 0 Å². The third-order valence-electron chi connectivity index (χ3n) is 2.89. The molecule has 1 aromatic rings. The molecule has 0 saturated carbocycles. The third kappa shape index (κ3) is 2.67. The highest BCUT2D eigenvalue weighted by Gasteiger charge is 2.35. The van der Waals surface area contributed by atoms with Crippen molar-refractivity contribution in [2.75, 3.05) is 11.4 Å². The second-order valence-electron chi connectivity index (χ2n) is 4.69. The van der Waals surface area contributed by atoms with E-state index in [0.717, 1.165) is 0 Å². The predicted octanol–water partition coefficient (Wildman–Crippen LogP) is 2.98. The maximum Gasteiger partial charge on any atom is 0.323 e. The van der Waals surface area contributed by atoms with E-state index < -0.39 is 5.97 Å². The van der Waals surface area contributed by atoms with E-state index in [-0.39, 0.29) is 18.6 Å². The van der Waals surface area contributed by atoms with Gasteiger partial charge in [-0.05, 0) is 18.1 Å². The summed E-state index contributed by atoms with van der Waals surface area (Å²) in [5.41, 5.74) is 0.608. The van der Waals surface area contributed by atoms with Gasteiger partial charge in [-0.1, -0.05) is 43.7 Å². The van der Waals surface area contributed by atoms with Crippen molar-refractivity contribution in [2.45, 2.75) is 20.0 Å². The topological polar surface area (TPSA) is 49.8 Å². The van der Waals surface area contributed by atoms with Crippen LogP contribution in [0, 0.1) is 5.92 Å². The van der Waals surface area contributed by atoms with Gasteiger partial charge in [0.1, 0.15) is 11.5 Å². The number of anilines is 1. The molecule has 0 aliphatic carbocycles. The molecule has 6 heteroatoms. The van der Waals surface area contributed by atoms with Crippen LogP contribution in [-0.4, -0.2) is 28.7 Å². The number of hydrogen-bond acceptors (Lipinski definition) is 3. The fraction of sp³-hybridized carbons (Fsp3) is 0.385. The van der Waals surface area contributed by atoms with Gasteiger partial charge in [-0.25, -0.2) is 0 Å². The van der Waals surface area contributed by atoms with Crippen molar-refractivity contribution in [3.8, 4) is 5.75 Å². The fourth-order valence-electron chi connectivity index (χ4n) is 2.00. The first-order valence-corrected chi connectivity index (χ1v) is 6.68. The van der Waals surface area contributed by atoms with Crippen LogP contribution < -0.4 is 9.64 Å². The Kier molecular flexibility index (Phi) is 3.96. The van der Waals surface area contributed by atoms with E-state index in [1.54, 1.807) is 23.1 Å². The maximum atomic E-state index is 11.0. The minimum absolute atomic E-state index is 0.133. The van der Waals surface area contributed by atoms with Crippen LogP contribution in [0.1, 0.15) is 13.8 Å². The molecule has 4 nitrogen and oxygen atoms in total. The van der Waals surface area contributed by atoms with Gasteiger partial charge in [0.05, 0.1) is 10.7 Å². The van der Waals surface area contributed by atoms with Crippen molar-refractivity contribution in [1.29, 1.82) is 0 Å². The molecule has 0 radical (unpaired) electrons. The van der Waals surface area contributed by atoms with Crippen molar-refractivity contribution < 1.29 is 14.6 Å². The summed E-state index contributed by atoms with van der Waals surface area (Å²) in [7, 11) is 0. The summed E-state index contributed by atoms with van der Waals surface area (Å²) in [6, 6.07) is 5.22. The van der Waals surface area contributed by atoms with Gasteiger partial charge < -0.3 is 14.7 Å². The molecule has 0 bridgehead atoms. The Morgan fingerprint density at radius 1 is 1.58 bits per heavy atom. The smallest absolute Gasteiger partial charge is 0.323 e. The van der Waals surface area contributed by atoms with Gasteiger partial charge in [0.15, 0.2) is 11.9 Å². The van der Waals surface area contributed by atoms with Crippen LogP contribution >= 0.6 is 23.8 Å². The molecule has 0 spiro atoms. The molecule has 0 aromatic heterocycles. The number of carboxylic acid groups (broad SMARTS) is 1. The second kappa shape index (κ2) is 5.35. The fourth-order valence-corrected chi connectivity index (χ4v) is 2.69.